The molecule has 1 heterocycles. The number of aromatic nitrogens is 1. The summed E-state index contributed by atoms with van der Waals surface area (Å²) >= 11 is 0. The van der Waals surface area contributed by atoms with Crippen molar-refractivity contribution < 1.29 is 4.74 Å². The van der Waals surface area contributed by atoms with E-state index in [1.165, 1.54) is 5.56 Å². The number of rotatable bonds is 9. The van der Waals surface area contributed by atoms with E-state index >= 15 is 0 Å². The Morgan fingerprint density at radius 1 is 1.42 bits per heavy atom. The third-order valence-corrected chi connectivity index (χ3v) is 2.82. The minimum Gasteiger partial charge on any atom is -0.383 e. The first kappa shape index (κ1) is 15.9. The Morgan fingerprint density at radius 3 is 2.84 bits per heavy atom. The third kappa shape index (κ3) is 6.55. The molecule has 108 valence electrons. The molecule has 1 aromatic heterocycles. The minimum absolute atomic E-state index is 0.659. The van der Waals surface area contributed by atoms with Crippen LogP contribution in [0.5, 0.6) is 0 Å². The lowest BCUT2D eigenvalue weighted by Gasteiger charge is -2.24. The van der Waals surface area contributed by atoms with Crippen molar-refractivity contribution in [3.05, 3.63) is 23.9 Å². The lowest BCUT2D eigenvalue weighted by Crippen LogP contribution is -2.30. The molecule has 0 aliphatic heterocycles. The highest BCUT2D eigenvalue weighted by Crippen LogP contribution is 2.11. The van der Waals surface area contributed by atoms with Crippen molar-refractivity contribution in [2.45, 2.75) is 27.3 Å². The normalized spacial score (nSPS) is 11.3. The second-order valence-electron chi connectivity index (χ2n) is 5.20. The van der Waals surface area contributed by atoms with Crippen LogP contribution in [0.25, 0.3) is 0 Å². The summed E-state index contributed by atoms with van der Waals surface area (Å²) in [4.78, 5) is 6.73. The largest absolute Gasteiger partial charge is 0.383 e. The summed E-state index contributed by atoms with van der Waals surface area (Å²) in [5.41, 5.74) is 1.29. The van der Waals surface area contributed by atoms with Gasteiger partial charge in [0.1, 0.15) is 5.82 Å². The van der Waals surface area contributed by atoms with Gasteiger partial charge in [0.05, 0.1) is 6.61 Å². The number of nitrogens with zero attached hydrogens (tertiary/aromatic N) is 2. The molecule has 0 fully saturated rings. The third-order valence-electron chi connectivity index (χ3n) is 2.82. The summed E-state index contributed by atoms with van der Waals surface area (Å²) in [6.45, 7) is 11.2. The fourth-order valence-electron chi connectivity index (χ4n) is 2.08. The molecule has 1 aromatic rings. The van der Waals surface area contributed by atoms with Crippen LogP contribution >= 0.6 is 0 Å². The highest BCUT2D eigenvalue weighted by molar-refractivity contribution is 5.37. The van der Waals surface area contributed by atoms with Gasteiger partial charge >= 0.3 is 0 Å². The molecule has 0 aromatic carbocycles. The average Bonchev–Trinajstić information content (AvgIpc) is 2.36. The highest BCUT2D eigenvalue weighted by atomic mass is 16.5. The smallest absolute Gasteiger partial charge is 0.126 e. The first-order valence-electron chi connectivity index (χ1n) is 7.05. The van der Waals surface area contributed by atoms with Gasteiger partial charge in [-0.15, -0.1) is 0 Å². The van der Waals surface area contributed by atoms with E-state index in [0.717, 1.165) is 38.6 Å². The quantitative estimate of drug-likeness (QED) is 0.745. The van der Waals surface area contributed by atoms with Crippen molar-refractivity contribution in [1.82, 2.24) is 9.88 Å². The van der Waals surface area contributed by atoms with Crippen molar-refractivity contribution >= 4 is 5.82 Å². The standard InChI is InChI=1S/C15H27N3O/c1-5-16-15-10-14(6-7-17-15)12-18(8-9-19-4)11-13(2)3/h6-7,10,13H,5,8-9,11-12H2,1-4H3,(H,16,17). The molecule has 1 N–H and O–H groups in total. The zero-order valence-electron chi connectivity index (χ0n) is 12.6. The van der Waals surface area contributed by atoms with E-state index in [9.17, 15) is 0 Å². The molecule has 0 atom stereocenters. The van der Waals surface area contributed by atoms with Crippen LogP contribution in [0.3, 0.4) is 0 Å². The molecule has 4 heteroatoms. The predicted octanol–water partition coefficient (Wildman–Crippen LogP) is 2.62. The summed E-state index contributed by atoms with van der Waals surface area (Å²) in [6.07, 6.45) is 1.87. The molecule has 19 heavy (non-hydrogen) atoms. The number of methoxy groups -OCH3 is 1. The lowest BCUT2D eigenvalue weighted by atomic mass is 10.2. The molecule has 1 rings (SSSR count). The Kier molecular flexibility index (Phi) is 7.45. The molecule has 0 radical (unpaired) electrons. The van der Waals surface area contributed by atoms with Gasteiger partial charge in [-0.3, -0.25) is 4.90 Å². The van der Waals surface area contributed by atoms with Gasteiger partial charge in [-0.2, -0.15) is 0 Å². The molecule has 4 nitrogen and oxygen atoms in total. The topological polar surface area (TPSA) is 37.4 Å². The molecular weight excluding hydrogens is 238 g/mol. The maximum atomic E-state index is 5.19. The van der Waals surface area contributed by atoms with Crippen molar-refractivity contribution in [3.8, 4) is 0 Å². The summed E-state index contributed by atoms with van der Waals surface area (Å²) < 4.78 is 5.19. The molecule has 0 amide bonds. The van der Waals surface area contributed by atoms with Gasteiger partial charge in [-0.25, -0.2) is 4.98 Å². The summed E-state index contributed by atoms with van der Waals surface area (Å²) in [6, 6.07) is 4.21. The summed E-state index contributed by atoms with van der Waals surface area (Å²) in [5.74, 6) is 1.61. The fraction of sp³-hybridized carbons (Fsp3) is 0.667. The average molecular weight is 265 g/mol. The second kappa shape index (κ2) is 8.88. The lowest BCUT2D eigenvalue weighted by molar-refractivity contribution is 0.136. The molecule has 0 aliphatic rings. The number of anilines is 1. The van der Waals surface area contributed by atoms with Gasteiger partial charge in [-0.1, -0.05) is 13.8 Å². The zero-order chi connectivity index (χ0) is 14.1. The van der Waals surface area contributed by atoms with Gasteiger partial charge in [0.2, 0.25) is 0 Å². The minimum atomic E-state index is 0.659. The van der Waals surface area contributed by atoms with Crippen LogP contribution in [0.1, 0.15) is 26.3 Å². The molecule has 0 unspecified atom stereocenters. The van der Waals surface area contributed by atoms with Crippen LogP contribution in [0, 0.1) is 5.92 Å². The number of nitrogens with one attached hydrogen (secondary N) is 1. The first-order valence-corrected chi connectivity index (χ1v) is 7.05. The summed E-state index contributed by atoms with van der Waals surface area (Å²) in [7, 11) is 1.75. The number of pyridine rings is 1. The van der Waals surface area contributed by atoms with Crippen molar-refractivity contribution in [2.24, 2.45) is 5.92 Å². The van der Waals surface area contributed by atoms with Crippen LogP contribution < -0.4 is 5.32 Å². The molecule has 0 aliphatic carbocycles. The number of hydrogen-bond donors (Lipinski definition) is 1. The molecule has 0 bridgehead atoms. The Morgan fingerprint density at radius 2 is 2.21 bits per heavy atom. The van der Waals surface area contributed by atoms with Gasteiger partial charge < -0.3 is 10.1 Å². The Bertz CT molecular complexity index is 355. The van der Waals surface area contributed by atoms with E-state index in [0.29, 0.717) is 5.92 Å². The van der Waals surface area contributed by atoms with E-state index in [2.05, 4.69) is 48.1 Å². The number of hydrogen-bond acceptors (Lipinski definition) is 4. The second-order valence-corrected chi connectivity index (χ2v) is 5.20. The Hall–Kier alpha value is -1.13. The van der Waals surface area contributed by atoms with Gasteiger partial charge in [0, 0.05) is 39.5 Å². The molecule has 0 spiro atoms. The van der Waals surface area contributed by atoms with E-state index in [1.807, 2.05) is 6.20 Å². The zero-order valence-corrected chi connectivity index (χ0v) is 12.6. The van der Waals surface area contributed by atoms with E-state index in [-0.39, 0.29) is 0 Å². The maximum absolute atomic E-state index is 5.19. The van der Waals surface area contributed by atoms with E-state index in [1.54, 1.807) is 7.11 Å². The van der Waals surface area contributed by atoms with Gasteiger partial charge in [0.25, 0.3) is 0 Å². The van der Waals surface area contributed by atoms with Crippen LogP contribution in [-0.4, -0.2) is 43.2 Å². The molecule has 0 saturated heterocycles. The summed E-state index contributed by atoms with van der Waals surface area (Å²) in [5, 5.41) is 3.25. The van der Waals surface area contributed by atoms with Crippen LogP contribution in [-0.2, 0) is 11.3 Å². The van der Waals surface area contributed by atoms with Crippen molar-refractivity contribution in [3.63, 3.8) is 0 Å². The predicted molar refractivity (Wildman–Crippen MR) is 80.4 cm³/mol. The van der Waals surface area contributed by atoms with Gasteiger partial charge in [0.15, 0.2) is 0 Å². The number of ether oxygens (including phenoxy) is 1. The fourth-order valence-corrected chi connectivity index (χ4v) is 2.08. The maximum Gasteiger partial charge on any atom is 0.126 e. The highest BCUT2D eigenvalue weighted by Gasteiger charge is 2.08. The van der Waals surface area contributed by atoms with Crippen molar-refractivity contribution in [2.75, 3.05) is 38.7 Å². The van der Waals surface area contributed by atoms with Crippen LogP contribution in [0.15, 0.2) is 18.3 Å². The SMILES string of the molecule is CCNc1cc(CN(CCOC)CC(C)C)ccn1. The molecular formula is C15H27N3O. The monoisotopic (exact) mass is 265 g/mol. The van der Waals surface area contributed by atoms with E-state index < -0.39 is 0 Å². The van der Waals surface area contributed by atoms with Gasteiger partial charge in [-0.05, 0) is 30.5 Å². The first-order chi connectivity index (χ1) is 9.15. The van der Waals surface area contributed by atoms with Crippen LogP contribution in [0.4, 0.5) is 5.82 Å². The molecule has 0 saturated carbocycles. The Balaban J connectivity index is 2.63. The Labute approximate surface area is 117 Å². The van der Waals surface area contributed by atoms with Crippen molar-refractivity contribution in [1.29, 1.82) is 0 Å². The van der Waals surface area contributed by atoms with E-state index in [4.69, 9.17) is 4.74 Å². The van der Waals surface area contributed by atoms with Crippen LogP contribution in [0.2, 0.25) is 0 Å².